The summed E-state index contributed by atoms with van der Waals surface area (Å²) in [4.78, 5) is 15.4. The highest BCUT2D eigenvalue weighted by Gasteiger charge is 2.10. The second kappa shape index (κ2) is 7.87. The van der Waals surface area contributed by atoms with E-state index in [9.17, 15) is 4.79 Å². The molecule has 0 aliphatic heterocycles. The predicted molar refractivity (Wildman–Crippen MR) is 86.9 cm³/mol. The first kappa shape index (κ1) is 17.1. The van der Waals surface area contributed by atoms with Crippen LogP contribution in [0.25, 0.3) is 0 Å². The van der Waals surface area contributed by atoms with Crippen LogP contribution < -0.4 is 10.1 Å². The van der Waals surface area contributed by atoms with Crippen molar-refractivity contribution in [3.8, 4) is 5.75 Å². The van der Waals surface area contributed by atoms with Gasteiger partial charge in [0, 0.05) is 12.5 Å². The number of halogens is 1. The summed E-state index contributed by atoms with van der Waals surface area (Å²) < 4.78 is 15.5. The second-order valence-corrected chi connectivity index (χ2v) is 5.30. The fourth-order valence-corrected chi connectivity index (χ4v) is 2.19. The Kier molecular flexibility index (Phi) is 5.87. The summed E-state index contributed by atoms with van der Waals surface area (Å²) in [6.45, 7) is 4.10. The molecule has 0 atom stereocenters. The molecule has 1 aromatic carbocycles. The molecule has 124 valence electrons. The molecule has 23 heavy (non-hydrogen) atoms. The summed E-state index contributed by atoms with van der Waals surface area (Å²) >= 11 is 6.23. The molecule has 1 heterocycles. The van der Waals surface area contributed by atoms with Crippen molar-refractivity contribution in [3.63, 3.8) is 0 Å². The molecule has 0 radical (unpaired) electrons. The predicted octanol–water partition coefficient (Wildman–Crippen LogP) is 3.36. The number of rotatable bonds is 7. The van der Waals surface area contributed by atoms with Crippen LogP contribution in [0.1, 0.15) is 24.1 Å². The first-order valence-electron chi connectivity index (χ1n) is 7.20. The maximum atomic E-state index is 11.2. The third-order valence-corrected chi connectivity index (χ3v) is 3.53. The highest BCUT2D eigenvalue weighted by molar-refractivity contribution is 6.33. The maximum absolute atomic E-state index is 11.2. The summed E-state index contributed by atoms with van der Waals surface area (Å²) in [7, 11) is 1.31. The van der Waals surface area contributed by atoms with E-state index >= 15 is 0 Å². The zero-order valence-corrected chi connectivity index (χ0v) is 14.1. The van der Waals surface area contributed by atoms with Crippen LogP contribution in [0.15, 0.2) is 22.7 Å². The zero-order valence-electron chi connectivity index (χ0n) is 13.3. The normalized spacial score (nSPS) is 10.4. The van der Waals surface area contributed by atoms with Gasteiger partial charge in [0.15, 0.2) is 6.61 Å². The number of aromatic nitrogens is 1. The van der Waals surface area contributed by atoms with Crippen molar-refractivity contribution in [2.24, 2.45) is 0 Å². The molecule has 0 aliphatic carbocycles. The van der Waals surface area contributed by atoms with E-state index in [4.69, 9.17) is 20.8 Å². The molecule has 0 bridgehead atoms. The van der Waals surface area contributed by atoms with E-state index in [1.54, 1.807) is 18.3 Å². The quantitative estimate of drug-likeness (QED) is 0.780. The Morgan fingerprint density at radius 3 is 2.87 bits per heavy atom. The van der Waals surface area contributed by atoms with Gasteiger partial charge in [-0.05, 0) is 18.6 Å². The van der Waals surface area contributed by atoms with Gasteiger partial charge in [0.1, 0.15) is 11.5 Å². The van der Waals surface area contributed by atoms with E-state index in [0.717, 1.165) is 17.7 Å². The first-order valence-corrected chi connectivity index (χ1v) is 7.58. The number of ether oxygens (including phenoxy) is 2. The van der Waals surface area contributed by atoms with E-state index in [0.29, 0.717) is 28.9 Å². The van der Waals surface area contributed by atoms with Gasteiger partial charge >= 0.3 is 5.97 Å². The topological polar surface area (TPSA) is 73.6 Å². The monoisotopic (exact) mass is 338 g/mol. The number of hydrogen-bond acceptors (Lipinski definition) is 6. The summed E-state index contributed by atoms with van der Waals surface area (Å²) in [5.41, 5.74) is 1.50. The van der Waals surface area contributed by atoms with E-state index in [1.807, 2.05) is 13.8 Å². The molecule has 1 N–H and O–H groups in total. The number of carbonyl (C=O) groups excluding carboxylic acids is 1. The number of carbonyl (C=O) groups is 1. The lowest BCUT2D eigenvalue weighted by molar-refractivity contribution is -0.142. The van der Waals surface area contributed by atoms with Crippen molar-refractivity contribution in [1.82, 2.24) is 4.98 Å². The number of nitrogens with one attached hydrogen (secondary N) is 1. The third kappa shape index (κ3) is 4.63. The van der Waals surface area contributed by atoms with Crippen molar-refractivity contribution >= 4 is 23.3 Å². The SMILES string of the molecule is CCc1cnc(CNc2cc(OCC(=O)OC)c(C)cc2Cl)o1. The van der Waals surface area contributed by atoms with Gasteiger partial charge in [-0.3, -0.25) is 0 Å². The van der Waals surface area contributed by atoms with E-state index in [-0.39, 0.29) is 6.61 Å². The number of methoxy groups -OCH3 is 1. The largest absolute Gasteiger partial charge is 0.482 e. The Bertz CT molecular complexity index is 685. The fourth-order valence-electron chi connectivity index (χ4n) is 1.90. The summed E-state index contributed by atoms with van der Waals surface area (Å²) in [5.74, 6) is 1.53. The summed E-state index contributed by atoms with van der Waals surface area (Å²) in [5, 5.41) is 3.70. The van der Waals surface area contributed by atoms with Gasteiger partial charge in [0.2, 0.25) is 5.89 Å². The first-order chi connectivity index (χ1) is 11.0. The van der Waals surface area contributed by atoms with Crippen LogP contribution in [0.5, 0.6) is 5.75 Å². The van der Waals surface area contributed by atoms with Crippen LogP contribution in [0.2, 0.25) is 5.02 Å². The van der Waals surface area contributed by atoms with Gasteiger partial charge in [-0.1, -0.05) is 18.5 Å². The smallest absolute Gasteiger partial charge is 0.343 e. The Balaban J connectivity index is 2.06. The summed E-state index contributed by atoms with van der Waals surface area (Å²) in [6.07, 6.45) is 2.50. The van der Waals surface area contributed by atoms with Crippen molar-refractivity contribution in [2.75, 3.05) is 19.0 Å². The average Bonchev–Trinajstić information content (AvgIpc) is 3.00. The molecule has 1 aromatic heterocycles. The minimum atomic E-state index is -0.444. The molecular weight excluding hydrogens is 320 g/mol. The van der Waals surface area contributed by atoms with Crippen molar-refractivity contribution in [1.29, 1.82) is 0 Å². The number of benzene rings is 1. The van der Waals surface area contributed by atoms with E-state index in [1.165, 1.54) is 7.11 Å². The van der Waals surface area contributed by atoms with Crippen molar-refractivity contribution < 1.29 is 18.7 Å². The van der Waals surface area contributed by atoms with Gasteiger partial charge in [-0.15, -0.1) is 0 Å². The molecule has 0 spiro atoms. The molecular formula is C16H19ClN2O4. The average molecular weight is 339 g/mol. The van der Waals surface area contributed by atoms with E-state index < -0.39 is 5.97 Å². The fraction of sp³-hybridized carbons (Fsp3) is 0.375. The Morgan fingerprint density at radius 2 is 2.22 bits per heavy atom. The van der Waals surface area contributed by atoms with Gasteiger partial charge in [0.05, 0.1) is 30.6 Å². The summed E-state index contributed by atoms with van der Waals surface area (Å²) in [6, 6.07) is 3.51. The van der Waals surface area contributed by atoms with Crippen molar-refractivity contribution in [2.45, 2.75) is 26.8 Å². The lowest BCUT2D eigenvalue weighted by Gasteiger charge is -2.13. The Hall–Kier alpha value is -2.21. The molecule has 0 amide bonds. The van der Waals surface area contributed by atoms with Crippen LogP contribution in [-0.4, -0.2) is 24.7 Å². The van der Waals surface area contributed by atoms with Gasteiger partial charge in [-0.2, -0.15) is 0 Å². The zero-order chi connectivity index (χ0) is 16.8. The number of oxazole rings is 1. The van der Waals surface area contributed by atoms with Crippen LogP contribution in [0.4, 0.5) is 5.69 Å². The number of nitrogens with zero attached hydrogens (tertiary/aromatic N) is 1. The number of aryl methyl sites for hydroxylation is 2. The van der Waals surface area contributed by atoms with Gasteiger partial charge in [0.25, 0.3) is 0 Å². The molecule has 6 nitrogen and oxygen atoms in total. The van der Waals surface area contributed by atoms with Gasteiger partial charge in [-0.25, -0.2) is 9.78 Å². The molecule has 7 heteroatoms. The molecule has 2 aromatic rings. The molecule has 0 fully saturated rings. The van der Waals surface area contributed by atoms with Crippen molar-refractivity contribution in [3.05, 3.63) is 40.6 Å². The highest BCUT2D eigenvalue weighted by Crippen LogP contribution is 2.31. The molecule has 0 aliphatic rings. The van der Waals surface area contributed by atoms with Crippen LogP contribution in [0.3, 0.4) is 0 Å². The number of anilines is 1. The lowest BCUT2D eigenvalue weighted by atomic mass is 10.2. The van der Waals surface area contributed by atoms with Gasteiger partial charge < -0.3 is 19.2 Å². The maximum Gasteiger partial charge on any atom is 0.343 e. The standard InChI is InChI=1S/C16H19ClN2O4/c1-4-11-7-19-15(23-11)8-18-13-6-14(10(2)5-12(13)17)22-9-16(20)21-3/h5-7,18H,4,8-9H2,1-3H3. The molecule has 2 rings (SSSR count). The third-order valence-electron chi connectivity index (χ3n) is 3.22. The van der Waals surface area contributed by atoms with Crippen LogP contribution >= 0.6 is 11.6 Å². The number of hydrogen-bond donors (Lipinski definition) is 1. The highest BCUT2D eigenvalue weighted by atomic mass is 35.5. The van der Waals surface area contributed by atoms with Crippen LogP contribution in [-0.2, 0) is 22.5 Å². The minimum absolute atomic E-state index is 0.155. The molecule has 0 unspecified atom stereocenters. The lowest BCUT2D eigenvalue weighted by Crippen LogP contribution is -2.13. The van der Waals surface area contributed by atoms with Crippen LogP contribution in [0, 0.1) is 6.92 Å². The Labute approximate surface area is 139 Å². The minimum Gasteiger partial charge on any atom is -0.482 e. The number of esters is 1. The molecule has 0 saturated heterocycles. The molecule has 0 saturated carbocycles. The second-order valence-electron chi connectivity index (χ2n) is 4.89. The van der Waals surface area contributed by atoms with E-state index in [2.05, 4.69) is 15.0 Å². The Morgan fingerprint density at radius 1 is 1.43 bits per heavy atom.